The Morgan fingerprint density at radius 1 is 1.20 bits per heavy atom. The lowest BCUT2D eigenvalue weighted by Gasteiger charge is -2.31. The summed E-state index contributed by atoms with van der Waals surface area (Å²) in [6, 6.07) is 9.31. The molecule has 1 aromatic heterocycles. The van der Waals surface area contributed by atoms with Gasteiger partial charge in [0.2, 0.25) is 5.91 Å². The molecular weight excluding hydrogens is 384 g/mol. The van der Waals surface area contributed by atoms with Crippen molar-refractivity contribution in [1.29, 1.82) is 5.26 Å². The van der Waals surface area contributed by atoms with E-state index in [1.165, 1.54) is 10.8 Å². The number of nitrogens with zero attached hydrogens (tertiary/aromatic N) is 4. The summed E-state index contributed by atoms with van der Waals surface area (Å²) in [7, 11) is 1.60. The molecular formula is C22H26N4O4. The maximum atomic E-state index is 13.2. The van der Waals surface area contributed by atoms with Crippen LogP contribution in [0, 0.1) is 11.3 Å². The van der Waals surface area contributed by atoms with Crippen LogP contribution in [0.1, 0.15) is 49.8 Å². The number of benzene rings is 1. The summed E-state index contributed by atoms with van der Waals surface area (Å²) >= 11 is 0. The van der Waals surface area contributed by atoms with E-state index in [0.29, 0.717) is 13.1 Å². The maximum absolute atomic E-state index is 13.2. The van der Waals surface area contributed by atoms with Crippen molar-refractivity contribution in [3.63, 3.8) is 0 Å². The zero-order valence-corrected chi connectivity index (χ0v) is 17.3. The number of hydrogen-bond donors (Lipinski definition) is 0. The zero-order chi connectivity index (χ0) is 21.7. The molecule has 1 saturated heterocycles. The van der Waals surface area contributed by atoms with Gasteiger partial charge in [-0.2, -0.15) is 5.26 Å². The quantitative estimate of drug-likeness (QED) is 0.752. The number of nitriles is 1. The van der Waals surface area contributed by atoms with E-state index in [0.717, 1.165) is 41.6 Å². The fourth-order valence-corrected chi connectivity index (χ4v) is 3.90. The largest absolute Gasteiger partial charge is 0.497 e. The maximum Gasteiger partial charge on any atom is 0.331 e. The molecule has 3 rings (SSSR count). The van der Waals surface area contributed by atoms with E-state index < -0.39 is 11.2 Å². The molecule has 1 amide bonds. The van der Waals surface area contributed by atoms with Crippen LogP contribution < -0.4 is 16.0 Å². The highest BCUT2D eigenvalue weighted by Gasteiger charge is 2.28. The van der Waals surface area contributed by atoms with E-state index in [9.17, 15) is 19.6 Å². The fourth-order valence-electron chi connectivity index (χ4n) is 3.90. The number of methoxy groups -OCH3 is 1. The lowest BCUT2D eigenvalue weighted by molar-refractivity contribution is -0.134. The lowest BCUT2D eigenvalue weighted by atomic mass is 10.0. The Morgan fingerprint density at radius 3 is 2.57 bits per heavy atom. The van der Waals surface area contributed by atoms with Crippen molar-refractivity contribution in [3.05, 3.63) is 62.4 Å². The molecule has 30 heavy (non-hydrogen) atoms. The number of ether oxygens (including phenoxy) is 1. The Labute approximate surface area is 174 Å². The number of carbonyl (C=O) groups excluding carboxylic acids is 1. The van der Waals surface area contributed by atoms with Gasteiger partial charge in [0.05, 0.1) is 13.2 Å². The summed E-state index contributed by atoms with van der Waals surface area (Å²) in [5.41, 5.74) is -0.455. The highest BCUT2D eigenvalue weighted by molar-refractivity contribution is 5.76. The minimum atomic E-state index is -0.726. The molecule has 1 atom stereocenters. The second-order valence-electron chi connectivity index (χ2n) is 7.34. The topological polar surface area (TPSA) is 97.3 Å². The molecule has 1 fully saturated rings. The molecule has 1 aromatic carbocycles. The first kappa shape index (κ1) is 21.4. The van der Waals surface area contributed by atoms with Gasteiger partial charge in [-0.3, -0.25) is 14.2 Å². The summed E-state index contributed by atoms with van der Waals surface area (Å²) in [5, 5.41) is 9.22. The van der Waals surface area contributed by atoms with E-state index in [4.69, 9.17) is 4.74 Å². The van der Waals surface area contributed by atoms with E-state index in [1.807, 2.05) is 30.3 Å². The van der Waals surface area contributed by atoms with Crippen molar-refractivity contribution in [1.82, 2.24) is 14.0 Å². The molecule has 2 heterocycles. The van der Waals surface area contributed by atoms with Crippen molar-refractivity contribution in [2.24, 2.45) is 0 Å². The highest BCUT2D eigenvalue weighted by Crippen LogP contribution is 2.31. The van der Waals surface area contributed by atoms with Crippen LogP contribution >= 0.6 is 0 Å². The molecule has 1 aliphatic heterocycles. The summed E-state index contributed by atoms with van der Waals surface area (Å²) in [5.74, 6) is 0.444. The third-order valence-electron chi connectivity index (χ3n) is 5.57. The molecule has 1 aliphatic rings. The number of aromatic nitrogens is 2. The Bertz CT molecular complexity index is 1060. The first-order valence-electron chi connectivity index (χ1n) is 10.2. The molecule has 1 unspecified atom stereocenters. The average Bonchev–Trinajstić information content (AvgIpc) is 3.03. The Kier molecular flexibility index (Phi) is 6.72. The van der Waals surface area contributed by atoms with Gasteiger partial charge in [0, 0.05) is 19.3 Å². The normalized spacial score (nSPS) is 16.6. The lowest BCUT2D eigenvalue weighted by Crippen LogP contribution is -2.46. The van der Waals surface area contributed by atoms with Gasteiger partial charge in [-0.25, -0.2) is 9.36 Å². The second kappa shape index (κ2) is 9.44. The molecule has 0 saturated carbocycles. The van der Waals surface area contributed by atoms with Crippen LogP contribution in [0.25, 0.3) is 0 Å². The Hall–Kier alpha value is -3.34. The third kappa shape index (κ3) is 4.30. The Morgan fingerprint density at radius 2 is 1.93 bits per heavy atom. The van der Waals surface area contributed by atoms with Gasteiger partial charge in [0.25, 0.3) is 5.56 Å². The van der Waals surface area contributed by atoms with Gasteiger partial charge in [-0.1, -0.05) is 25.0 Å². The first-order valence-corrected chi connectivity index (χ1v) is 10.2. The molecule has 8 nitrogen and oxygen atoms in total. The summed E-state index contributed by atoms with van der Waals surface area (Å²) in [6.45, 7) is 2.23. The van der Waals surface area contributed by atoms with Crippen molar-refractivity contribution in [2.75, 3.05) is 13.7 Å². The molecule has 8 heteroatoms. The number of aryl methyl sites for hydroxylation is 1. The van der Waals surface area contributed by atoms with Crippen LogP contribution in [0.2, 0.25) is 0 Å². The van der Waals surface area contributed by atoms with Crippen LogP contribution in [0.3, 0.4) is 0 Å². The SMILES string of the molecule is CCn1cc(C#N)c(=O)n(CC(=O)N2CCCCCC2c2ccc(OC)cc2)c1=O. The molecule has 0 bridgehead atoms. The first-order chi connectivity index (χ1) is 14.5. The van der Waals surface area contributed by atoms with Gasteiger partial charge in [-0.15, -0.1) is 0 Å². The van der Waals surface area contributed by atoms with Crippen molar-refractivity contribution in [3.8, 4) is 11.8 Å². The van der Waals surface area contributed by atoms with Crippen molar-refractivity contribution in [2.45, 2.75) is 51.7 Å². The fraction of sp³-hybridized carbons (Fsp3) is 0.455. The molecule has 0 aliphatic carbocycles. The van der Waals surface area contributed by atoms with Crippen LogP contribution in [0.4, 0.5) is 0 Å². The number of likely N-dealkylation sites (tertiary alicyclic amines) is 1. The molecule has 0 radical (unpaired) electrons. The summed E-state index contributed by atoms with van der Waals surface area (Å²) in [4.78, 5) is 40.2. The molecule has 158 valence electrons. The van der Waals surface area contributed by atoms with E-state index in [2.05, 4.69) is 0 Å². The minimum absolute atomic E-state index is 0.130. The summed E-state index contributed by atoms with van der Waals surface area (Å²) in [6.07, 6.45) is 4.93. The number of amides is 1. The molecule has 0 N–H and O–H groups in total. The smallest absolute Gasteiger partial charge is 0.331 e. The number of carbonyl (C=O) groups is 1. The standard InChI is InChI=1S/C22H26N4O4/c1-3-24-14-17(13-23)21(28)26(22(24)29)15-20(27)25-12-6-4-5-7-19(25)16-8-10-18(30-2)11-9-16/h8-11,14,19H,3-7,12,15H2,1-2H3. The van der Waals surface area contributed by atoms with E-state index >= 15 is 0 Å². The summed E-state index contributed by atoms with van der Waals surface area (Å²) < 4.78 is 7.37. The van der Waals surface area contributed by atoms with Gasteiger partial charge < -0.3 is 9.64 Å². The van der Waals surface area contributed by atoms with Gasteiger partial charge in [-0.05, 0) is 37.5 Å². The minimum Gasteiger partial charge on any atom is -0.497 e. The van der Waals surface area contributed by atoms with Crippen LogP contribution in [-0.4, -0.2) is 33.6 Å². The predicted molar refractivity (Wildman–Crippen MR) is 111 cm³/mol. The second-order valence-corrected chi connectivity index (χ2v) is 7.34. The van der Waals surface area contributed by atoms with E-state index in [1.54, 1.807) is 18.9 Å². The molecule has 2 aromatic rings. The average molecular weight is 410 g/mol. The van der Waals surface area contributed by atoms with Gasteiger partial charge in [0.1, 0.15) is 23.9 Å². The van der Waals surface area contributed by atoms with E-state index in [-0.39, 0.29) is 24.1 Å². The highest BCUT2D eigenvalue weighted by atomic mass is 16.5. The third-order valence-corrected chi connectivity index (χ3v) is 5.57. The predicted octanol–water partition coefficient (Wildman–Crippen LogP) is 2.05. The van der Waals surface area contributed by atoms with Crippen molar-refractivity contribution < 1.29 is 9.53 Å². The zero-order valence-electron chi connectivity index (χ0n) is 17.3. The monoisotopic (exact) mass is 410 g/mol. The van der Waals surface area contributed by atoms with Gasteiger partial charge >= 0.3 is 5.69 Å². The number of hydrogen-bond acceptors (Lipinski definition) is 5. The van der Waals surface area contributed by atoms with Gasteiger partial charge in [0.15, 0.2) is 0 Å². The number of rotatable bonds is 5. The van der Waals surface area contributed by atoms with Crippen LogP contribution in [0.5, 0.6) is 5.75 Å². The molecule has 0 spiro atoms. The Balaban J connectivity index is 1.95. The van der Waals surface area contributed by atoms with Crippen LogP contribution in [0.15, 0.2) is 40.1 Å². The van der Waals surface area contributed by atoms with Crippen LogP contribution in [-0.2, 0) is 17.9 Å². The van der Waals surface area contributed by atoms with Crippen molar-refractivity contribution >= 4 is 5.91 Å².